The third-order valence-electron chi connectivity index (χ3n) is 10.7. The Morgan fingerprint density at radius 3 is 2.51 bits per heavy atom. The molecule has 3 amide bonds. The number of hydrogen-bond donors (Lipinski definition) is 3. The van der Waals surface area contributed by atoms with Crippen LogP contribution in [0.1, 0.15) is 80.1 Å². The van der Waals surface area contributed by atoms with E-state index in [2.05, 4.69) is 22.5 Å². The molecule has 3 fully saturated rings. The predicted octanol–water partition coefficient (Wildman–Crippen LogP) is 7.22. The summed E-state index contributed by atoms with van der Waals surface area (Å²) in [6.07, 6.45) is 4.99. The number of carbonyl (C=O) groups is 3. The second-order valence-electron chi connectivity index (χ2n) is 16.2. The van der Waals surface area contributed by atoms with Crippen molar-refractivity contribution in [2.75, 3.05) is 25.1 Å². The second kappa shape index (κ2) is 16.5. The van der Waals surface area contributed by atoms with Crippen LogP contribution in [0.3, 0.4) is 0 Å². The first-order chi connectivity index (χ1) is 26.1. The van der Waals surface area contributed by atoms with Crippen molar-refractivity contribution in [2.45, 2.75) is 116 Å². The topological polar surface area (TPSA) is 161 Å². The van der Waals surface area contributed by atoms with Crippen LogP contribution in [-0.4, -0.2) is 88.2 Å². The number of aromatic nitrogens is 2. The van der Waals surface area contributed by atoms with Crippen LogP contribution in [-0.2, 0) is 18.9 Å². The Balaban J connectivity index is 1.33. The Bertz CT molecular complexity index is 1940. The Hall–Kier alpha value is -4.16. The lowest BCUT2D eigenvalue weighted by molar-refractivity contribution is -0.142. The maximum absolute atomic E-state index is 14.7. The van der Waals surface area contributed by atoms with Gasteiger partial charge in [0.1, 0.15) is 49.3 Å². The molecule has 3 aliphatic rings. The Labute approximate surface area is 328 Å². The van der Waals surface area contributed by atoms with E-state index in [1.807, 2.05) is 71.2 Å². The van der Waals surface area contributed by atoms with E-state index in [1.54, 1.807) is 13.2 Å². The number of rotatable bonds is 14. The van der Waals surface area contributed by atoms with Gasteiger partial charge in [0, 0.05) is 41.3 Å². The van der Waals surface area contributed by atoms with Gasteiger partial charge in [-0.1, -0.05) is 33.8 Å². The summed E-state index contributed by atoms with van der Waals surface area (Å²) >= 11 is 1.48. The van der Waals surface area contributed by atoms with E-state index in [0.29, 0.717) is 41.0 Å². The number of amides is 3. The van der Waals surface area contributed by atoms with Gasteiger partial charge < -0.3 is 39.6 Å². The average Bonchev–Trinajstić information content (AvgIpc) is 3.56. The number of carbonyl (C=O) groups excluding carboxylic acids is 3. The molecule has 2 aliphatic carbocycles. The van der Waals surface area contributed by atoms with Gasteiger partial charge in [-0.15, -0.1) is 17.9 Å². The molecule has 1 aromatic carbocycles. The van der Waals surface area contributed by atoms with Gasteiger partial charge in [-0.2, -0.15) is 0 Å². The number of nitrogens with one attached hydrogen (secondary N) is 3. The lowest BCUT2D eigenvalue weighted by Gasteiger charge is -2.35. The van der Waals surface area contributed by atoms with Crippen LogP contribution in [0.25, 0.3) is 22.3 Å². The van der Waals surface area contributed by atoms with Gasteiger partial charge in [-0.3, -0.25) is 9.59 Å². The lowest BCUT2D eigenvalue weighted by Crippen LogP contribution is -2.58. The van der Waals surface area contributed by atoms with Gasteiger partial charge in [-0.25, -0.2) is 14.8 Å². The summed E-state index contributed by atoms with van der Waals surface area (Å²) in [5, 5.41) is 11.9. The second-order valence-corrected chi connectivity index (χ2v) is 19.6. The zero-order valence-electron chi connectivity index (χ0n) is 32.9. The summed E-state index contributed by atoms with van der Waals surface area (Å²) in [6.45, 7) is 15.5. The fraction of sp³-hybridized carbons (Fsp3) is 0.575. The summed E-state index contributed by atoms with van der Waals surface area (Å²) < 4.78 is 31.3. The van der Waals surface area contributed by atoms with E-state index >= 15 is 0 Å². The number of methoxy groups -OCH3 is 1. The molecule has 1 saturated heterocycles. The molecule has 2 aromatic heterocycles. The van der Waals surface area contributed by atoms with Crippen LogP contribution in [0.2, 0.25) is 0 Å². The monoisotopic (exact) mass is 794 g/mol. The molecule has 3 aromatic rings. The molecule has 6 rings (SSSR count). The smallest absolute Gasteiger partial charge is 0.408 e. The number of pyridine rings is 1. The van der Waals surface area contributed by atoms with Crippen molar-refractivity contribution in [2.24, 2.45) is 11.3 Å². The van der Waals surface area contributed by atoms with Crippen molar-refractivity contribution in [3.05, 3.63) is 42.3 Å². The first-order valence-corrected chi connectivity index (χ1v) is 21.8. The van der Waals surface area contributed by atoms with Gasteiger partial charge >= 0.3 is 6.09 Å². The molecule has 13 nitrogen and oxygen atoms in total. The molecule has 1 unspecified atom stereocenters. The van der Waals surface area contributed by atoms with E-state index in [4.69, 9.17) is 24.2 Å². The molecule has 55 heavy (non-hydrogen) atoms. The van der Waals surface area contributed by atoms with Gasteiger partial charge in [0.15, 0.2) is 5.13 Å². The first-order valence-electron chi connectivity index (χ1n) is 19.3. The first kappa shape index (κ1) is 40.5. The number of hydrogen-bond acceptors (Lipinski definition) is 11. The van der Waals surface area contributed by atoms with Crippen LogP contribution in [0.15, 0.2) is 42.3 Å². The highest BCUT2D eigenvalue weighted by Gasteiger charge is 2.59. The summed E-state index contributed by atoms with van der Waals surface area (Å²) in [5.41, 5.74) is 1.17. The number of nitrogens with zero attached hydrogens (tertiary/aromatic N) is 3. The van der Waals surface area contributed by atoms with Crippen molar-refractivity contribution >= 4 is 53.1 Å². The highest BCUT2D eigenvalue weighted by molar-refractivity contribution is 7.47. The lowest BCUT2D eigenvalue weighted by atomic mass is 9.85. The summed E-state index contributed by atoms with van der Waals surface area (Å²) in [6, 6.07) is 5.62. The summed E-state index contributed by atoms with van der Waals surface area (Å²) in [4.78, 5) is 53.4. The molecular weight excluding hydrogens is 740 g/mol. The fourth-order valence-corrected chi connectivity index (χ4v) is 10.4. The van der Waals surface area contributed by atoms with Crippen LogP contribution < -0.4 is 25.4 Å². The fourth-order valence-electron chi connectivity index (χ4n) is 7.64. The third-order valence-corrected chi connectivity index (χ3v) is 13.8. The molecule has 0 radical (unpaired) electrons. The van der Waals surface area contributed by atoms with Crippen LogP contribution in [0, 0.1) is 11.3 Å². The number of likely N-dealkylation sites (tertiary alicyclic amines) is 1. The Kier molecular flexibility index (Phi) is 12.2. The maximum atomic E-state index is 14.7. The number of anilines is 1. The highest BCUT2D eigenvalue weighted by atomic mass is 32.1. The molecule has 6 atom stereocenters. The van der Waals surface area contributed by atoms with Crippen molar-refractivity contribution in [1.82, 2.24) is 25.5 Å². The maximum Gasteiger partial charge on any atom is 0.408 e. The molecule has 3 N–H and O–H groups in total. The number of alkyl carbamates (subject to hydrolysis) is 1. The zero-order chi connectivity index (χ0) is 39.7. The molecular formula is C40H55N6O7PS. The minimum absolute atomic E-state index is 0.0676. The summed E-state index contributed by atoms with van der Waals surface area (Å²) in [5.74, 6) is 0.195. The largest absolute Gasteiger partial charge is 0.497 e. The van der Waals surface area contributed by atoms with Gasteiger partial charge in [-0.05, 0) is 69.7 Å². The van der Waals surface area contributed by atoms with E-state index in [9.17, 15) is 18.9 Å². The van der Waals surface area contributed by atoms with E-state index in [-0.39, 0.29) is 31.0 Å². The quantitative estimate of drug-likeness (QED) is 0.112. The predicted molar refractivity (Wildman–Crippen MR) is 217 cm³/mol. The Morgan fingerprint density at radius 1 is 1.13 bits per heavy atom. The molecule has 1 aliphatic heterocycles. The van der Waals surface area contributed by atoms with Crippen molar-refractivity contribution < 1.29 is 33.2 Å². The molecule has 0 bridgehead atoms. The van der Waals surface area contributed by atoms with Gasteiger partial charge in [0.2, 0.25) is 11.8 Å². The average molecular weight is 795 g/mol. The molecule has 298 valence electrons. The van der Waals surface area contributed by atoms with Crippen molar-refractivity contribution in [3.8, 4) is 22.9 Å². The molecule has 2 saturated carbocycles. The SMILES string of the molecule is C=C[C@@H]1C[C@]1(NC(=O)[C@@H]1C[C@@H](Oc2cc(-c3csc(NC(C)C)n3)nc3cc(OC)ccc23)CN1C(=O)[C@@H](NC(=O)OC1CCCC1)C(C)(C)C)[PH](=O)CC. The number of ether oxygens (including phenoxy) is 3. The normalized spacial score (nSPS) is 23.6. The standard InChI is InChI=1S/C40H55N6O7PS/c1-9-24-20-40(24,54(50)10-2)45-35(47)32-18-27(21-46(32)36(48)34(39(5,6)7)44-38(49)53-25-13-11-12-14-25)52-33-19-30(31-22-55-37(43-31)41-23(3)4)42-29-17-26(51-8)15-16-28(29)33/h9,15-17,19,22-25,27,32,34,54H,1,10-14,18,20-21H2,2-8H3,(H,41,43)(H,44,49)(H,45,47)/t24-,27-,32+,34-,40+/m1/s1. The number of fused-ring (bicyclic) bond motifs is 1. The number of thiazole rings is 1. The van der Waals surface area contributed by atoms with E-state index in [1.165, 1.54) is 16.2 Å². The minimum atomic E-state index is -2.20. The van der Waals surface area contributed by atoms with E-state index in [0.717, 1.165) is 36.2 Å². The van der Waals surface area contributed by atoms with Crippen molar-refractivity contribution in [1.29, 1.82) is 0 Å². The van der Waals surface area contributed by atoms with Gasteiger partial charge in [0.05, 0.1) is 30.1 Å². The number of benzene rings is 1. The third kappa shape index (κ3) is 8.96. The van der Waals surface area contributed by atoms with Gasteiger partial charge in [0.25, 0.3) is 0 Å². The molecule has 0 spiro atoms. The zero-order valence-corrected chi connectivity index (χ0v) is 34.7. The molecule has 15 heteroatoms. The summed E-state index contributed by atoms with van der Waals surface area (Å²) in [7, 11) is -0.603. The van der Waals surface area contributed by atoms with Crippen LogP contribution >= 0.6 is 19.1 Å². The van der Waals surface area contributed by atoms with Crippen LogP contribution in [0.4, 0.5) is 9.93 Å². The van der Waals surface area contributed by atoms with Crippen LogP contribution in [0.5, 0.6) is 11.5 Å². The Morgan fingerprint density at radius 2 is 1.87 bits per heavy atom. The van der Waals surface area contributed by atoms with E-state index < -0.39 is 54.6 Å². The highest BCUT2D eigenvalue weighted by Crippen LogP contribution is 2.60. The molecule has 3 heterocycles. The van der Waals surface area contributed by atoms with Crippen molar-refractivity contribution in [3.63, 3.8) is 0 Å². The minimum Gasteiger partial charge on any atom is -0.497 e.